The average molecular weight is 257 g/mol. The van der Waals surface area contributed by atoms with E-state index >= 15 is 0 Å². The summed E-state index contributed by atoms with van der Waals surface area (Å²) in [5.74, 6) is 0.00389. The van der Waals surface area contributed by atoms with Crippen molar-refractivity contribution in [3.63, 3.8) is 0 Å². The lowest BCUT2D eigenvalue weighted by molar-refractivity contribution is -0.0418. The SMILES string of the molecule is COCCC(=O)c1nc(C)c(C2OCCO2)s1. The largest absolute Gasteiger partial charge is 0.384 e. The summed E-state index contributed by atoms with van der Waals surface area (Å²) < 4.78 is 15.7. The van der Waals surface area contributed by atoms with Crippen molar-refractivity contribution >= 4 is 17.1 Å². The van der Waals surface area contributed by atoms with E-state index in [2.05, 4.69) is 4.98 Å². The number of ether oxygens (including phenoxy) is 3. The first-order valence-corrected chi connectivity index (χ1v) is 6.26. The van der Waals surface area contributed by atoms with Gasteiger partial charge in [-0.05, 0) is 6.92 Å². The first kappa shape index (κ1) is 12.6. The third kappa shape index (κ3) is 2.90. The van der Waals surface area contributed by atoms with Crippen LogP contribution >= 0.6 is 11.3 Å². The third-order valence-corrected chi connectivity index (χ3v) is 3.66. The first-order valence-electron chi connectivity index (χ1n) is 5.45. The van der Waals surface area contributed by atoms with Crippen molar-refractivity contribution in [2.75, 3.05) is 26.9 Å². The smallest absolute Gasteiger partial charge is 0.195 e. The number of aromatic nitrogens is 1. The number of rotatable bonds is 5. The van der Waals surface area contributed by atoms with E-state index in [0.717, 1.165) is 10.6 Å². The predicted molar refractivity (Wildman–Crippen MR) is 62.3 cm³/mol. The third-order valence-electron chi connectivity index (χ3n) is 2.44. The number of hydrogen-bond acceptors (Lipinski definition) is 6. The Morgan fingerprint density at radius 2 is 2.24 bits per heavy atom. The number of thiazole rings is 1. The standard InChI is InChI=1S/C11H15NO4S/c1-7-9(11-15-5-6-16-11)17-10(12-7)8(13)3-4-14-2/h11H,3-6H2,1-2H3. The molecule has 0 bridgehead atoms. The molecule has 0 radical (unpaired) electrons. The molecule has 0 saturated carbocycles. The van der Waals surface area contributed by atoms with Gasteiger partial charge in [-0.1, -0.05) is 0 Å². The fourth-order valence-electron chi connectivity index (χ4n) is 1.56. The molecule has 1 aromatic heterocycles. The van der Waals surface area contributed by atoms with Gasteiger partial charge in [-0.15, -0.1) is 11.3 Å². The predicted octanol–water partition coefficient (Wildman–Crippen LogP) is 1.72. The molecule has 17 heavy (non-hydrogen) atoms. The Bertz CT molecular complexity index is 398. The molecule has 0 amide bonds. The Labute approximate surface area is 104 Å². The highest BCUT2D eigenvalue weighted by molar-refractivity contribution is 7.13. The van der Waals surface area contributed by atoms with E-state index in [0.29, 0.717) is 31.2 Å². The molecule has 1 aliphatic rings. The van der Waals surface area contributed by atoms with Gasteiger partial charge in [-0.25, -0.2) is 4.98 Å². The van der Waals surface area contributed by atoms with Crippen LogP contribution in [0.2, 0.25) is 0 Å². The van der Waals surface area contributed by atoms with E-state index in [1.54, 1.807) is 7.11 Å². The first-order chi connectivity index (χ1) is 8.22. The number of methoxy groups -OCH3 is 1. The maximum absolute atomic E-state index is 11.8. The molecule has 0 N–H and O–H groups in total. The molecule has 6 heteroatoms. The zero-order chi connectivity index (χ0) is 12.3. The van der Waals surface area contributed by atoms with E-state index in [1.165, 1.54) is 11.3 Å². The molecule has 5 nitrogen and oxygen atoms in total. The summed E-state index contributed by atoms with van der Waals surface area (Å²) in [5.41, 5.74) is 0.808. The molecule has 0 aliphatic carbocycles. The molecule has 0 aromatic carbocycles. The minimum atomic E-state index is -0.350. The van der Waals surface area contributed by atoms with E-state index in [-0.39, 0.29) is 12.1 Å². The molecule has 2 heterocycles. The van der Waals surface area contributed by atoms with Crippen molar-refractivity contribution < 1.29 is 19.0 Å². The van der Waals surface area contributed by atoms with Crippen molar-refractivity contribution in [3.8, 4) is 0 Å². The van der Waals surface area contributed by atoms with Gasteiger partial charge in [-0.2, -0.15) is 0 Å². The van der Waals surface area contributed by atoms with E-state index < -0.39 is 0 Å². The zero-order valence-corrected chi connectivity index (χ0v) is 10.7. The van der Waals surface area contributed by atoms with Gasteiger partial charge in [0, 0.05) is 13.5 Å². The van der Waals surface area contributed by atoms with Crippen LogP contribution in [0.3, 0.4) is 0 Å². The van der Waals surface area contributed by atoms with Gasteiger partial charge in [0.1, 0.15) is 0 Å². The van der Waals surface area contributed by atoms with E-state index in [9.17, 15) is 4.79 Å². The van der Waals surface area contributed by atoms with Crippen LogP contribution in [0.4, 0.5) is 0 Å². The molecule has 1 aromatic rings. The lowest BCUT2D eigenvalue weighted by Gasteiger charge is -2.05. The van der Waals surface area contributed by atoms with E-state index in [4.69, 9.17) is 14.2 Å². The quantitative estimate of drug-likeness (QED) is 0.752. The maximum Gasteiger partial charge on any atom is 0.195 e. The molecule has 1 saturated heterocycles. The summed E-state index contributed by atoms with van der Waals surface area (Å²) in [4.78, 5) is 16.9. The van der Waals surface area contributed by atoms with Gasteiger partial charge in [0.05, 0.1) is 30.4 Å². The number of Topliss-reactive ketones (excluding diaryl/α,β-unsaturated/α-hetero) is 1. The number of carbonyl (C=O) groups excluding carboxylic acids is 1. The lowest BCUT2D eigenvalue weighted by atomic mass is 10.3. The Morgan fingerprint density at radius 1 is 1.53 bits per heavy atom. The van der Waals surface area contributed by atoms with Gasteiger partial charge in [0.15, 0.2) is 17.1 Å². The Kier molecular flexibility index (Phi) is 4.22. The summed E-state index contributed by atoms with van der Waals surface area (Å²) in [7, 11) is 1.58. The van der Waals surface area contributed by atoms with Crippen LogP contribution < -0.4 is 0 Å². The molecule has 1 fully saturated rings. The minimum Gasteiger partial charge on any atom is -0.384 e. The molecule has 1 aliphatic heterocycles. The van der Waals surface area contributed by atoms with Crippen LogP contribution in [0.1, 0.15) is 33.1 Å². The highest BCUT2D eigenvalue weighted by Gasteiger charge is 2.25. The summed E-state index contributed by atoms with van der Waals surface area (Å²) in [5, 5.41) is 0.508. The fraction of sp³-hybridized carbons (Fsp3) is 0.636. The summed E-state index contributed by atoms with van der Waals surface area (Å²) >= 11 is 1.35. The number of nitrogens with zero attached hydrogens (tertiary/aromatic N) is 1. The molecule has 2 rings (SSSR count). The van der Waals surface area contributed by atoms with Crippen LogP contribution in [0.5, 0.6) is 0 Å². The summed E-state index contributed by atoms with van der Waals surface area (Å²) in [6.45, 7) is 3.47. The van der Waals surface area contributed by atoms with Crippen molar-refractivity contribution in [2.45, 2.75) is 19.6 Å². The van der Waals surface area contributed by atoms with Crippen molar-refractivity contribution in [2.24, 2.45) is 0 Å². The number of ketones is 1. The summed E-state index contributed by atoms with van der Waals surface area (Å²) in [6, 6.07) is 0. The number of carbonyl (C=O) groups is 1. The second-order valence-corrected chi connectivity index (χ2v) is 4.74. The molecule has 94 valence electrons. The van der Waals surface area contributed by atoms with Gasteiger partial charge >= 0.3 is 0 Å². The topological polar surface area (TPSA) is 57.7 Å². The maximum atomic E-state index is 11.8. The van der Waals surface area contributed by atoms with Crippen LogP contribution in [0.25, 0.3) is 0 Å². The Hall–Kier alpha value is -0.820. The van der Waals surface area contributed by atoms with Crippen molar-refractivity contribution in [3.05, 3.63) is 15.6 Å². The van der Waals surface area contributed by atoms with Crippen molar-refractivity contribution in [1.82, 2.24) is 4.98 Å². The zero-order valence-electron chi connectivity index (χ0n) is 9.89. The average Bonchev–Trinajstić information content (AvgIpc) is 2.94. The fourth-order valence-corrected chi connectivity index (χ4v) is 2.59. The van der Waals surface area contributed by atoms with Gasteiger partial charge in [0.25, 0.3) is 0 Å². The van der Waals surface area contributed by atoms with Crippen LogP contribution in [-0.4, -0.2) is 37.7 Å². The monoisotopic (exact) mass is 257 g/mol. The molecule has 0 unspecified atom stereocenters. The molecule has 0 spiro atoms. The minimum absolute atomic E-state index is 0.00389. The highest BCUT2D eigenvalue weighted by atomic mass is 32.1. The van der Waals surface area contributed by atoms with Crippen LogP contribution in [0, 0.1) is 6.92 Å². The van der Waals surface area contributed by atoms with E-state index in [1.807, 2.05) is 6.92 Å². The lowest BCUT2D eigenvalue weighted by Crippen LogP contribution is -2.02. The Morgan fingerprint density at radius 3 is 2.88 bits per heavy atom. The van der Waals surface area contributed by atoms with Gasteiger partial charge in [0.2, 0.25) is 0 Å². The highest BCUT2D eigenvalue weighted by Crippen LogP contribution is 2.31. The van der Waals surface area contributed by atoms with Crippen LogP contribution in [-0.2, 0) is 14.2 Å². The molecular weight excluding hydrogens is 242 g/mol. The Balaban J connectivity index is 2.09. The molecular formula is C11H15NO4S. The summed E-state index contributed by atoms with van der Waals surface area (Å²) in [6.07, 6.45) is 0.00594. The van der Waals surface area contributed by atoms with Gasteiger partial charge in [-0.3, -0.25) is 4.79 Å². The molecule has 0 atom stereocenters. The second-order valence-electron chi connectivity index (χ2n) is 3.71. The van der Waals surface area contributed by atoms with Crippen LogP contribution in [0.15, 0.2) is 0 Å². The number of aryl methyl sites for hydroxylation is 1. The number of hydrogen-bond donors (Lipinski definition) is 0. The second kappa shape index (κ2) is 5.68. The normalized spacial score (nSPS) is 16.6. The van der Waals surface area contributed by atoms with Crippen molar-refractivity contribution in [1.29, 1.82) is 0 Å². The van der Waals surface area contributed by atoms with Gasteiger partial charge < -0.3 is 14.2 Å².